The summed E-state index contributed by atoms with van der Waals surface area (Å²) in [7, 11) is 0. The SMILES string of the molecule is CC(=O)c1c[nH]c(=O)n(-c2cc(C)ccc2Cl)c1=O. The number of carbonyl (C=O) groups is 1. The second-order valence-corrected chi connectivity index (χ2v) is 4.57. The van der Waals surface area contributed by atoms with Crippen LogP contribution in [-0.4, -0.2) is 15.3 Å². The minimum atomic E-state index is -0.677. The number of halogens is 1. The first-order chi connectivity index (χ1) is 8.91. The van der Waals surface area contributed by atoms with E-state index in [2.05, 4.69) is 4.98 Å². The summed E-state index contributed by atoms with van der Waals surface area (Å²) in [5.74, 6) is -0.418. The fraction of sp³-hybridized carbons (Fsp3) is 0.154. The van der Waals surface area contributed by atoms with Gasteiger partial charge in [-0.3, -0.25) is 9.59 Å². The number of carbonyl (C=O) groups excluding carboxylic acids is 1. The molecule has 0 aliphatic heterocycles. The van der Waals surface area contributed by atoms with Crippen LogP contribution in [0, 0.1) is 6.92 Å². The lowest BCUT2D eigenvalue weighted by atomic mass is 10.2. The third-order valence-corrected chi connectivity index (χ3v) is 3.02. The molecule has 1 heterocycles. The third-order valence-electron chi connectivity index (χ3n) is 2.70. The van der Waals surface area contributed by atoms with Crippen LogP contribution in [0.1, 0.15) is 22.8 Å². The summed E-state index contributed by atoms with van der Waals surface area (Å²) in [4.78, 5) is 37.7. The van der Waals surface area contributed by atoms with E-state index in [0.29, 0.717) is 0 Å². The average molecular weight is 279 g/mol. The number of ketones is 1. The molecule has 2 aromatic rings. The van der Waals surface area contributed by atoms with Gasteiger partial charge in [0, 0.05) is 6.20 Å². The van der Waals surface area contributed by atoms with Crippen molar-refractivity contribution in [2.75, 3.05) is 0 Å². The highest BCUT2D eigenvalue weighted by atomic mass is 35.5. The maximum Gasteiger partial charge on any atom is 0.333 e. The van der Waals surface area contributed by atoms with E-state index >= 15 is 0 Å². The van der Waals surface area contributed by atoms with Crippen molar-refractivity contribution in [1.82, 2.24) is 9.55 Å². The summed E-state index contributed by atoms with van der Waals surface area (Å²) in [6, 6.07) is 4.97. The van der Waals surface area contributed by atoms with Crippen molar-refractivity contribution in [2.24, 2.45) is 0 Å². The summed E-state index contributed by atoms with van der Waals surface area (Å²) in [5, 5.41) is 0.263. The molecule has 0 saturated carbocycles. The van der Waals surface area contributed by atoms with Crippen LogP contribution in [-0.2, 0) is 0 Å². The second kappa shape index (κ2) is 4.85. The molecule has 0 atom stereocenters. The van der Waals surface area contributed by atoms with E-state index in [4.69, 9.17) is 11.6 Å². The Morgan fingerprint density at radius 2 is 2.00 bits per heavy atom. The largest absolute Gasteiger partial charge is 0.333 e. The van der Waals surface area contributed by atoms with Crippen molar-refractivity contribution in [3.8, 4) is 5.69 Å². The van der Waals surface area contributed by atoms with Gasteiger partial charge in [0.2, 0.25) is 0 Å². The Kier molecular flexibility index (Phi) is 3.40. The van der Waals surface area contributed by atoms with E-state index in [9.17, 15) is 14.4 Å². The lowest BCUT2D eigenvalue weighted by Gasteiger charge is -2.08. The fourth-order valence-corrected chi connectivity index (χ4v) is 1.94. The predicted molar refractivity (Wildman–Crippen MR) is 72.4 cm³/mol. The molecule has 0 spiro atoms. The van der Waals surface area contributed by atoms with Crippen LogP contribution in [0.4, 0.5) is 0 Å². The molecule has 0 unspecified atom stereocenters. The third kappa shape index (κ3) is 2.37. The van der Waals surface area contributed by atoms with Crippen molar-refractivity contribution in [1.29, 1.82) is 0 Å². The molecule has 5 nitrogen and oxygen atoms in total. The van der Waals surface area contributed by atoms with E-state index in [0.717, 1.165) is 16.3 Å². The van der Waals surface area contributed by atoms with Gasteiger partial charge in [-0.25, -0.2) is 9.36 Å². The molecule has 1 N–H and O–H groups in total. The molecule has 1 aromatic heterocycles. The Balaban J connectivity index is 2.86. The van der Waals surface area contributed by atoms with Crippen LogP contribution in [0.15, 0.2) is 34.0 Å². The highest BCUT2D eigenvalue weighted by molar-refractivity contribution is 6.32. The fourth-order valence-electron chi connectivity index (χ4n) is 1.74. The average Bonchev–Trinajstić information content (AvgIpc) is 2.33. The molecule has 19 heavy (non-hydrogen) atoms. The molecule has 6 heteroatoms. The van der Waals surface area contributed by atoms with Gasteiger partial charge in [-0.1, -0.05) is 17.7 Å². The maximum absolute atomic E-state index is 12.2. The van der Waals surface area contributed by atoms with Crippen LogP contribution in [0.25, 0.3) is 5.69 Å². The van der Waals surface area contributed by atoms with Crippen LogP contribution in [0.5, 0.6) is 0 Å². The summed E-state index contributed by atoms with van der Waals surface area (Å²) in [6.45, 7) is 3.07. The molecule has 0 aliphatic rings. The summed E-state index contributed by atoms with van der Waals surface area (Å²) < 4.78 is 0.867. The van der Waals surface area contributed by atoms with E-state index in [1.54, 1.807) is 18.2 Å². The van der Waals surface area contributed by atoms with Crippen molar-refractivity contribution < 1.29 is 4.79 Å². The van der Waals surface area contributed by atoms with Crippen molar-refractivity contribution >= 4 is 17.4 Å². The number of H-pyrrole nitrogens is 1. The Labute approximate surface area is 113 Å². The number of nitrogens with zero attached hydrogens (tertiary/aromatic N) is 1. The molecule has 0 fully saturated rings. The smallest absolute Gasteiger partial charge is 0.313 e. The first-order valence-electron chi connectivity index (χ1n) is 5.54. The number of aryl methyl sites for hydroxylation is 1. The standard InChI is InChI=1S/C13H11ClN2O3/c1-7-3-4-10(14)11(5-7)16-12(18)9(8(2)17)6-15-13(16)19/h3-6H,1-2H3,(H,15,19). The Hall–Kier alpha value is -2.14. The zero-order chi connectivity index (χ0) is 14.2. The van der Waals surface area contributed by atoms with Gasteiger partial charge in [0.25, 0.3) is 5.56 Å². The highest BCUT2D eigenvalue weighted by Gasteiger charge is 2.14. The Morgan fingerprint density at radius 1 is 1.32 bits per heavy atom. The van der Waals surface area contributed by atoms with Crippen molar-refractivity contribution in [3.05, 3.63) is 61.4 Å². The lowest BCUT2D eigenvalue weighted by molar-refractivity contribution is 0.101. The molecule has 1 aromatic carbocycles. The van der Waals surface area contributed by atoms with Gasteiger partial charge in [0.1, 0.15) is 0 Å². The summed E-state index contributed by atoms with van der Waals surface area (Å²) in [5.41, 5.74) is -0.293. The van der Waals surface area contributed by atoms with Gasteiger partial charge in [-0.15, -0.1) is 0 Å². The lowest BCUT2D eigenvalue weighted by Crippen LogP contribution is -2.36. The topological polar surface area (TPSA) is 71.9 Å². The molecular weight excluding hydrogens is 268 g/mol. The van der Waals surface area contributed by atoms with Crippen LogP contribution in [0.3, 0.4) is 0 Å². The highest BCUT2D eigenvalue weighted by Crippen LogP contribution is 2.19. The van der Waals surface area contributed by atoms with Gasteiger partial charge in [-0.05, 0) is 31.5 Å². The van der Waals surface area contributed by atoms with Crippen LogP contribution >= 0.6 is 11.6 Å². The number of benzene rings is 1. The van der Waals surface area contributed by atoms with Gasteiger partial charge < -0.3 is 4.98 Å². The van der Waals surface area contributed by atoms with Crippen LogP contribution in [0.2, 0.25) is 5.02 Å². The van der Waals surface area contributed by atoms with Crippen molar-refractivity contribution in [2.45, 2.75) is 13.8 Å². The molecule has 98 valence electrons. The maximum atomic E-state index is 12.2. The molecule has 0 bridgehead atoms. The van der Waals surface area contributed by atoms with Gasteiger partial charge >= 0.3 is 5.69 Å². The summed E-state index contributed by atoms with van der Waals surface area (Å²) in [6.07, 6.45) is 1.12. The van der Waals surface area contributed by atoms with E-state index in [1.807, 2.05) is 6.92 Å². The first kappa shape index (κ1) is 13.3. The van der Waals surface area contributed by atoms with Gasteiger partial charge in [-0.2, -0.15) is 0 Å². The second-order valence-electron chi connectivity index (χ2n) is 4.16. The van der Waals surface area contributed by atoms with E-state index < -0.39 is 17.0 Å². The normalized spacial score (nSPS) is 10.5. The number of aromatic amines is 1. The quantitative estimate of drug-likeness (QED) is 0.850. The van der Waals surface area contributed by atoms with E-state index in [1.165, 1.54) is 6.92 Å². The number of aromatic nitrogens is 2. The molecule has 2 rings (SSSR count). The molecule has 0 saturated heterocycles. The zero-order valence-corrected chi connectivity index (χ0v) is 11.1. The Bertz CT molecular complexity index is 774. The number of Topliss-reactive ketones (excluding diaryl/α,β-unsaturated/α-hetero) is 1. The number of hydrogen-bond acceptors (Lipinski definition) is 3. The van der Waals surface area contributed by atoms with Crippen molar-refractivity contribution in [3.63, 3.8) is 0 Å². The molecule has 0 amide bonds. The van der Waals surface area contributed by atoms with Gasteiger partial charge in [0.05, 0.1) is 16.3 Å². The van der Waals surface area contributed by atoms with E-state index in [-0.39, 0.29) is 16.3 Å². The number of rotatable bonds is 2. The Morgan fingerprint density at radius 3 is 2.63 bits per heavy atom. The van der Waals surface area contributed by atoms with Crippen LogP contribution < -0.4 is 11.2 Å². The molecular formula is C13H11ClN2O3. The zero-order valence-electron chi connectivity index (χ0n) is 10.4. The minimum Gasteiger partial charge on any atom is -0.313 e. The first-order valence-corrected chi connectivity index (χ1v) is 5.92. The predicted octanol–water partition coefficient (Wildman–Crippen LogP) is 1.69. The van der Waals surface area contributed by atoms with Gasteiger partial charge in [0.15, 0.2) is 5.78 Å². The number of hydrogen-bond donors (Lipinski definition) is 1. The monoisotopic (exact) mass is 278 g/mol. The minimum absolute atomic E-state index is 0.0860. The molecule has 0 aliphatic carbocycles. The number of nitrogens with one attached hydrogen (secondary N) is 1. The summed E-state index contributed by atoms with van der Waals surface area (Å²) >= 11 is 6.01. The molecule has 0 radical (unpaired) electrons.